The second kappa shape index (κ2) is 6.24. The summed E-state index contributed by atoms with van der Waals surface area (Å²) in [7, 11) is 0. The molecule has 1 fully saturated rings. The van der Waals surface area contributed by atoms with Crippen LogP contribution in [-0.2, 0) is 4.74 Å². The molecule has 0 aromatic heterocycles. The molecular formula is C15H21NO4. The molecule has 0 spiro atoms. The van der Waals surface area contributed by atoms with Gasteiger partial charge < -0.3 is 14.6 Å². The molecule has 5 nitrogen and oxygen atoms in total. The molecule has 2 rings (SSSR count). The fraction of sp³-hybridized carbons (Fsp3) is 0.533. The molecule has 1 aromatic carbocycles. The van der Waals surface area contributed by atoms with Gasteiger partial charge in [-0.3, -0.25) is 4.90 Å². The van der Waals surface area contributed by atoms with Crippen molar-refractivity contribution in [3.63, 3.8) is 0 Å². The molecule has 1 aromatic rings. The summed E-state index contributed by atoms with van der Waals surface area (Å²) in [6, 6.07) is 6.48. The second-order valence-corrected chi connectivity index (χ2v) is 5.56. The lowest BCUT2D eigenvalue weighted by Gasteiger charge is -2.38. The molecule has 0 atom stereocenters. The Hall–Kier alpha value is -1.59. The van der Waals surface area contributed by atoms with Crippen LogP contribution in [-0.4, -0.2) is 54.4 Å². The minimum absolute atomic E-state index is 0.0958. The Morgan fingerprint density at radius 3 is 2.70 bits per heavy atom. The smallest absolute Gasteiger partial charge is 0.335 e. The van der Waals surface area contributed by atoms with E-state index in [1.807, 2.05) is 0 Å². The lowest BCUT2D eigenvalue weighted by molar-refractivity contribution is -0.0875. The number of benzene rings is 1. The number of nitrogens with zero attached hydrogens (tertiary/aromatic N) is 1. The first-order chi connectivity index (χ1) is 9.46. The molecule has 5 heteroatoms. The Kier molecular flexibility index (Phi) is 4.62. The van der Waals surface area contributed by atoms with Gasteiger partial charge in [-0.1, -0.05) is 0 Å². The number of aromatic carboxylic acids is 1. The second-order valence-electron chi connectivity index (χ2n) is 5.56. The van der Waals surface area contributed by atoms with Crippen LogP contribution in [0.3, 0.4) is 0 Å². The minimum Gasteiger partial charge on any atom is -0.492 e. The largest absolute Gasteiger partial charge is 0.492 e. The molecular weight excluding hydrogens is 258 g/mol. The summed E-state index contributed by atoms with van der Waals surface area (Å²) in [6.45, 7) is 8.17. The molecule has 1 aliphatic rings. The lowest BCUT2D eigenvalue weighted by Crippen LogP contribution is -2.49. The van der Waals surface area contributed by atoms with E-state index in [0.717, 1.165) is 26.2 Å². The van der Waals surface area contributed by atoms with Crippen molar-refractivity contribution in [1.29, 1.82) is 0 Å². The number of carboxylic acids is 1. The van der Waals surface area contributed by atoms with E-state index in [2.05, 4.69) is 18.7 Å². The Bertz CT molecular complexity index is 455. The van der Waals surface area contributed by atoms with Crippen molar-refractivity contribution in [3.05, 3.63) is 29.8 Å². The van der Waals surface area contributed by atoms with Gasteiger partial charge in [0.15, 0.2) is 0 Å². The number of carbonyl (C=O) groups is 1. The third kappa shape index (κ3) is 4.21. The highest BCUT2D eigenvalue weighted by atomic mass is 16.5. The fourth-order valence-corrected chi connectivity index (χ4v) is 2.29. The Morgan fingerprint density at radius 1 is 1.40 bits per heavy atom. The first-order valence-corrected chi connectivity index (χ1v) is 6.79. The lowest BCUT2D eigenvalue weighted by atomic mass is 10.1. The van der Waals surface area contributed by atoms with Crippen molar-refractivity contribution >= 4 is 5.97 Å². The van der Waals surface area contributed by atoms with Gasteiger partial charge in [0, 0.05) is 19.6 Å². The molecule has 110 valence electrons. The third-order valence-corrected chi connectivity index (χ3v) is 3.28. The Morgan fingerprint density at radius 2 is 2.10 bits per heavy atom. The van der Waals surface area contributed by atoms with Crippen LogP contribution in [0.2, 0.25) is 0 Å². The van der Waals surface area contributed by atoms with E-state index in [-0.39, 0.29) is 11.2 Å². The summed E-state index contributed by atoms with van der Waals surface area (Å²) >= 11 is 0. The molecule has 1 heterocycles. The van der Waals surface area contributed by atoms with E-state index < -0.39 is 5.97 Å². The van der Waals surface area contributed by atoms with Crippen LogP contribution >= 0.6 is 0 Å². The number of morpholine rings is 1. The average Bonchev–Trinajstić information content (AvgIpc) is 2.38. The Labute approximate surface area is 119 Å². The van der Waals surface area contributed by atoms with Gasteiger partial charge >= 0.3 is 5.97 Å². The molecule has 0 radical (unpaired) electrons. The molecule has 1 N–H and O–H groups in total. The minimum atomic E-state index is -0.924. The molecule has 0 unspecified atom stereocenters. The molecule has 20 heavy (non-hydrogen) atoms. The standard InChI is InChI=1S/C15H21NO4/c1-15(2)11-16(8-10-20-15)7-9-19-13-5-3-12(4-6-13)14(17)18/h3-6H,7-11H2,1-2H3,(H,17,18). The summed E-state index contributed by atoms with van der Waals surface area (Å²) in [4.78, 5) is 13.0. The van der Waals surface area contributed by atoms with Crippen molar-refractivity contribution < 1.29 is 19.4 Å². The van der Waals surface area contributed by atoms with Crippen LogP contribution < -0.4 is 4.74 Å². The van der Waals surface area contributed by atoms with Gasteiger partial charge in [0.1, 0.15) is 12.4 Å². The summed E-state index contributed by atoms with van der Waals surface area (Å²) in [5.41, 5.74) is 0.175. The molecule has 0 bridgehead atoms. The van der Waals surface area contributed by atoms with Crippen molar-refractivity contribution in [3.8, 4) is 5.75 Å². The third-order valence-electron chi connectivity index (χ3n) is 3.28. The number of hydrogen-bond donors (Lipinski definition) is 1. The van der Waals surface area contributed by atoms with Crippen LogP contribution in [0.1, 0.15) is 24.2 Å². The molecule has 0 aliphatic carbocycles. The maximum absolute atomic E-state index is 10.7. The van der Waals surface area contributed by atoms with E-state index >= 15 is 0 Å². The zero-order valence-electron chi connectivity index (χ0n) is 12.0. The molecule has 1 aliphatic heterocycles. The summed E-state index contributed by atoms with van der Waals surface area (Å²) in [5, 5.41) is 8.81. The highest BCUT2D eigenvalue weighted by Gasteiger charge is 2.26. The first-order valence-electron chi connectivity index (χ1n) is 6.79. The van der Waals surface area contributed by atoms with Crippen LogP contribution in [0.4, 0.5) is 0 Å². The van der Waals surface area contributed by atoms with Crippen LogP contribution in [0.5, 0.6) is 5.75 Å². The number of hydrogen-bond acceptors (Lipinski definition) is 4. The highest BCUT2D eigenvalue weighted by Crippen LogP contribution is 2.16. The maximum atomic E-state index is 10.7. The zero-order valence-corrected chi connectivity index (χ0v) is 12.0. The normalized spacial score (nSPS) is 18.7. The summed E-state index contributed by atoms with van der Waals surface area (Å²) < 4.78 is 11.3. The molecule has 1 saturated heterocycles. The van der Waals surface area contributed by atoms with E-state index in [9.17, 15) is 4.79 Å². The monoisotopic (exact) mass is 279 g/mol. The van der Waals surface area contributed by atoms with Crippen LogP contribution in [0.25, 0.3) is 0 Å². The number of ether oxygens (including phenoxy) is 2. The van der Waals surface area contributed by atoms with E-state index in [4.69, 9.17) is 14.6 Å². The highest BCUT2D eigenvalue weighted by molar-refractivity contribution is 5.87. The predicted molar refractivity (Wildman–Crippen MR) is 75.4 cm³/mol. The van der Waals surface area contributed by atoms with Gasteiger partial charge in [-0.2, -0.15) is 0 Å². The van der Waals surface area contributed by atoms with E-state index in [0.29, 0.717) is 12.4 Å². The van der Waals surface area contributed by atoms with Gasteiger partial charge in [0.05, 0.1) is 17.8 Å². The fourth-order valence-electron chi connectivity index (χ4n) is 2.29. The van der Waals surface area contributed by atoms with Crippen LogP contribution in [0, 0.1) is 0 Å². The topological polar surface area (TPSA) is 59.0 Å². The van der Waals surface area contributed by atoms with Gasteiger partial charge in [0.2, 0.25) is 0 Å². The van der Waals surface area contributed by atoms with Crippen LogP contribution in [0.15, 0.2) is 24.3 Å². The van der Waals surface area contributed by atoms with Crippen molar-refractivity contribution in [2.75, 3.05) is 32.8 Å². The van der Waals surface area contributed by atoms with Gasteiger partial charge in [0.25, 0.3) is 0 Å². The maximum Gasteiger partial charge on any atom is 0.335 e. The number of carboxylic acid groups (broad SMARTS) is 1. The molecule has 0 amide bonds. The van der Waals surface area contributed by atoms with Gasteiger partial charge in [-0.05, 0) is 38.1 Å². The van der Waals surface area contributed by atoms with Crippen molar-refractivity contribution in [2.24, 2.45) is 0 Å². The van der Waals surface area contributed by atoms with Gasteiger partial charge in [-0.25, -0.2) is 4.79 Å². The van der Waals surface area contributed by atoms with Crippen molar-refractivity contribution in [1.82, 2.24) is 4.90 Å². The first kappa shape index (κ1) is 14.8. The SMILES string of the molecule is CC1(C)CN(CCOc2ccc(C(=O)O)cc2)CCO1. The number of rotatable bonds is 5. The average molecular weight is 279 g/mol. The van der Waals surface area contributed by atoms with E-state index in [1.165, 1.54) is 0 Å². The quantitative estimate of drug-likeness (QED) is 0.891. The van der Waals surface area contributed by atoms with E-state index in [1.54, 1.807) is 24.3 Å². The van der Waals surface area contributed by atoms with Gasteiger partial charge in [-0.15, -0.1) is 0 Å². The zero-order chi connectivity index (χ0) is 14.6. The van der Waals surface area contributed by atoms with Crippen molar-refractivity contribution in [2.45, 2.75) is 19.4 Å². The Balaban J connectivity index is 1.76. The molecule has 0 saturated carbocycles. The summed E-state index contributed by atoms with van der Waals surface area (Å²) in [5.74, 6) is -0.227. The summed E-state index contributed by atoms with van der Waals surface area (Å²) in [6.07, 6.45) is 0. The predicted octanol–water partition coefficient (Wildman–Crippen LogP) is 1.87.